The maximum Gasteiger partial charge on any atom is 0.119 e. The fraction of sp³-hybridized carbons (Fsp3) is 0.455. The van der Waals surface area contributed by atoms with Crippen molar-refractivity contribution in [2.24, 2.45) is 5.73 Å². The first-order valence-electron chi connectivity index (χ1n) is 4.76. The molecule has 0 aromatic heterocycles. The average molecular weight is 179 g/mol. The van der Waals surface area contributed by atoms with Crippen molar-refractivity contribution in [3.8, 4) is 5.75 Å². The van der Waals surface area contributed by atoms with Gasteiger partial charge in [-0.2, -0.15) is 0 Å². The van der Waals surface area contributed by atoms with Crippen LogP contribution in [0.5, 0.6) is 5.75 Å². The number of rotatable bonds is 4. The summed E-state index contributed by atoms with van der Waals surface area (Å²) in [5.74, 6) is 0.912. The minimum Gasteiger partial charge on any atom is -0.494 e. The van der Waals surface area contributed by atoms with Crippen LogP contribution in [-0.4, -0.2) is 6.61 Å². The monoisotopic (exact) mass is 179 g/mol. The lowest BCUT2D eigenvalue weighted by Gasteiger charge is -2.09. The molecule has 0 radical (unpaired) electrons. The minimum absolute atomic E-state index is 0.149. The first-order chi connectivity index (χ1) is 6.27. The van der Waals surface area contributed by atoms with Crippen molar-refractivity contribution in [1.29, 1.82) is 0 Å². The van der Waals surface area contributed by atoms with Crippen molar-refractivity contribution in [2.45, 2.75) is 26.3 Å². The van der Waals surface area contributed by atoms with Gasteiger partial charge in [-0.3, -0.25) is 0 Å². The molecule has 0 aliphatic heterocycles. The molecule has 0 heterocycles. The molecule has 0 saturated heterocycles. The van der Waals surface area contributed by atoms with Crippen LogP contribution in [0.4, 0.5) is 0 Å². The molecule has 72 valence electrons. The number of benzene rings is 1. The highest BCUT2D eigenvalue weighted by Gasteiger charge is 2.02. The van der Waals surface area contributed by atoms with Crippen molar-refractivity contribution < 1.29 is 4.74 Å². The second-order valence-electron chi connectivity index (χ2n) is 3.02. The lowest BCUT2D eigenvalue weighted by molar-refractivity contribution is 0.340. The zero-order valence-corrected chi connectivity index (χ0v) is 8.29. The molecule has 2 N–H and O–H groups in total. The van der Waals surface area contributed by atoms with Crippen LogP contribution in [-0.2, 0) is 0 Å². The quantitative estimate of drug-likeness (QED) is 0.770. The van der Waals surface area contributed by atoms with Crippen LogP contribution in [0.2, 0.25) is 0 Å². The summed E-state index contributed by atoms with van der Waals surface area (Å²) in [6.07, 6.45) is 0.966. The van der Waals surface area contributed by atoms with Gasteiger partial charge in [-0.05, 0) is 31.0 Å². The molecule has 1 aromatic carbocycles. The predicted octanol–water partition coefficient (Wildman–Crippen LogP) is 2.50. The van der Waals surface area contributed by atoms with E-state index in [1.54, 1.807) is 0 Å². The first kappa shape index (κ1) is 10.1. The lowest BCUT2D eigenvalue weighted by Crippen LogP contribution is -2.08. The third-order valence-electron chi connectivity index (χ3n) is 2.06. The Kier molecular flexibility index (Phi) is 3.77. The molecule has 0 fully saturated rings. The van der Waals surface area contributed by atoms with Crippen LogP contribution >= 0.6 is 0 Å². The maximum absolute atomic E-state index is 5.88. The van der Waals surface area contributed by atoms with Gasteiger partial charge in [-0.1, -0.05) is 19.1 Å². The SMILES string of the molecule is CCOc1ccc([C@H](N)CC)cc1. The van der Waals surface area contributed by atoms with E-state index in [1.165, 1.54) is 5.56 Å². The summed E-state index contributed by atoms with van der Waals surface area (Å²) >= 11 is 0. The van der Waals surface area contributed by atoms with Crippen LogP contribution in [0.3, 0.4) is 0 Å². The highest BCUT2D eigenvalue weighted by atomic mass is 16.5. The van der Waals surface area contributed by atoms with E-state index in [4.69, 9.17) is 10.5 Å². The summed E-state index contributed by atoms with van der Waals surface area (Å²) in [5, 5.41) is 0. The first-order valence-corrected chi connectivity index (χ1v) is 4.76. The summed E-state index contributed by atoms with van der Waals surface area (Å²) in [6, 6.07) is 8.14. The van der Waals surface area contributed by atoms with E-state index in [9.17, 15) is 0 Å². The van der Waals surface area contributed by atoms with Gasteiger partial charge in [0.1, 0.15) is 5.75 Å². The highest BCUT2D eigenvalue weighted by molar-refractivity contribution is 5.28. The summed E-state index contributed by atoms with van der Waals surface area (Å²) < 4.78 is 5.33. The average Bonchev–Trinajstić information content (AvgIpc) is 2.18. The molecular weight excluding hydrogens is 162 g/mol. The van der Waals surface area contributed by atoms with Gasteiger partial charge >= 0.3 is 0 Å². The van der Waals surface area contributed by atoms with E-state index in [2.05, 4.69) is 6.92 Å². The molecule has 0 aliphatic carbocycles. The Morgan fingerprint density at radius 3 is 2.31 bits per heavy atom. The normalized spacial score (nSPS) is 12.5. The number of hydrogen-bond acceptors (Lipinski definition) is 2. The summed E-state index contributed by atoms with van der Waals surface area (Å²) in [6.45, 7) is 4.77. The Morgan fingerprint density at radius 1 is 1.23 bits per heavy atom. The van der Waals surface area contributed by atoms with E-state index in [1.807, 2.05) is 31.2 Å². The van der Waals surface area contributed by atoms with E-state index >= 15 is 0 Å². The van der Waals surface area contributed by atoms with E-state index in [-0.39, 0.29) is 6.04 Å². The fourth-order valence-corrected chi connectivity index (χ4v) is 1.21. The van der Waals surface area contributed by atoms with Gasteiger partial charge in [0, 0.05) is 6.04 Å². The summed E-state index contributed by atoms with van der Waals surface area (Å²) in [4.78, 5) is 0. The molecule has 0 amide bonds. The molecule has 0 bridgehead atoms. The fourth-order valence-electron chi connectivity index (χ4n) is 1.21. The Balaban J connectivity index is 2.69. The molecule has 0 unspecified atom stereocenters. The maximum atomic E-state index is 5.88. The van der Waals surface area contributed by atoms with E-state index < -0.39 is 0 Å². The van der Waals surface area contributed by atoms with Crippen LogP contribution in [0.1, 0.15) is 31.9 Å². The van der Waals surface area contributed by atoms with E-state index in [0.29, 0.717) is 6.61 Å². The van der Waals surface area contributed by atoms with Crippen molar-refractivity contribution >= 4 is 0 Å². The van der Waals surface area contributed by atoms with Crippen molar-refractivity contribution in [3.05, 3.63) is 29.8 Å². The highest BCUT2D eigenvalue weighted by Crippen LogP contribution is 2.17. The lowest BCUT2D eigenvalue weighted by atomic mass is 10.1. The van der Waals surface area contributed by atoms with Gasteiger partial charge < -0.3 is 10.5 Å². The van der Waals surface area contributed by atoms with E-state index in [0.717, 1.165) is 12.2 Å². The summed E-state index contributed by atoms with van der Waals surface area (Å²) in [7, 11) is 0. The number of nitrogens with two attached hydrogens (primary N) is 1. The Morgan fingerprint density at radius 2 is 1.85 bits per heavy atom. The minimum atomic E-state index is 0.149. The Labute approximate surface area is 79.7 Å². The molecule has 2 nitrogen and oxygen atoms in total. The van der Waals surface area contributed by atoms with Crippen molar-refractivity contribution in [2.75, 3.05) is 6.61 Å². The molecule has 0 spiro atoms. The third-order valence-corrected chi connectivity index (χ3v) is 2.06. The molecular formula is C11H17NO. The van der Waals surface area contributed by atoms with Gasteiger partial charge in [0.15, 0.2) is 0 Å². The molecule has 1 atom stereocenters. The zero-order valence-electron chi connectivity index (χ0n) is 8.29. The Bertz CT molecular complexity index is 243. The molecule has 1 aromatic rings. The van der Waals surface area contributed by atoms with Gasteiger partial charge in [0.2, 0.25) is 0 Å². The topological polar surface area (TPSA) is 35.2 Å². The Hall–Kier alpha value is -1.02. The number of ether oxygens (including phenoxy) is 1. The second-order valence-corrected chi connectivity index (χ2v) is 3.02. The molecule has 13 heavy (non-hydrogen) atoms. The third kappa shape index (κ3) is 2.74. The second kappa shape index (κ2) is 4.87. The molecule has 0 saturated carbocycles. The largest absolute Gasteiger partial charge is 0.494 e. The molecule has 1 rings (SSSR count). The van der Waals surface area contributed by atoms with Gasteiger partial charge in [-0.15, -0.1) is 0 Å². The van der Waals surface area contributed by atoms with Crippen LogP contribution < -0.4 is 10.5 Å². The van der Waals surface area contributed by atoms with Crippen molar-refractivity contribution in [3.63, 3.8) is 0 Å². The van der Waals surface area contributed by atoms with Crippen LogP contribution in [0.25, 0.3) is 0 Å². The predicted molar refractivity (Wildman–Crippen MR) is 54.8 cm³/mol. The van der Waals surface area contributed by atoms with Gasteiger partial charge in [0.25, 0.3) is 0 Å². The molecule has 0 aliphatic rings. The van der Waals surface area contributed by atoms with Gasteiger partial charge in [-0.25, -0.2) is 0 Å². The smallest absolute Gasteiger partial charge is 0.119 e. The van der Waals surface area contributed by atoms with Crippen LogP contribution in [0.15, 0.2) is 24.3 Å². The van der Waals surface area contributed by atoms with Gasteiger partial charge in [0.05, 0.1) is 6.61 Å². The standard InChI is InChI=1S/C11H17NO/c1-3-11(12)9-5-7-10(8-6-9)13-4-2/h5-8,11H,3-4,12H2,1-2H3/t11-/m1/s1. The number of hydrogen-bond donors (Lipinski definition) is 1. The van der Waals surface area contributed by atoms with Crippen molar-refractivity contribution in [1.82, 2.24) is 0 Å². The zero-order chi connectivity index (χ0) is 9.68. The summed E-state index contributed by atoms with van der Waals surface area (Å²) in [5.41, 5.74) is 7.05. The molecule has 2 heteroatoms. The van der Waals surface area contributed by atoms with Crippen LogP contribution in [0, 0.1) is 0 Å².